The first-order valence-electron chi connectivity index (χ1n) is 6.11. The number of anilines is 1. The van der Waals surface area contributed by atoms with Gasteiger partial charge in [0, 0.05) is 17.9 Å². The lowest BCUT2D eigenvalue weighted by Gasteiger charge is -2.24. The van der Waals surface area contributed by atoms with E-state index in [1.54, 1.807) is 6.20 Å². The number of nitrogens with zero attached hydrogens (tertiary/aromatic N) is 2. The van der Waals surface area contributed by atoms with E-state index in [1.807, 2.05) is 13.0 Å². The van der Waals surface area contributed by atoms with E-state index >= 15 is 0 Å². The van der Waals surface area contributed by atoms with Crippen molar-refractivity contribution in [1.82, 2.24) is 15.3 Å². The van der Waals surface area contributed by atoms with Gasteiger partial charge in [0.2, 0.25) is 5.95 Å². The minimum Gasteiger partial charge on any atom is -0.360 e. The fourth-order valence-corrected chi connectivity index (χ4v) is 2.34. The van der Waals surface area contributed by atoms with E-state index in [-0.39, 0.29) is 0 Å². The second kappa shape index (κ2) is 5.91. The molecule has 0 unspecified atom stereocenters. The third kappa shape index (κ3) is 3.93. The number of nitrogens with one attached hydrogen (secondary N) is 2. The van der Waals surface area contributed by atoms with Crippen molar-refractivity contribution < 1.29 is 0 Å². The molecular weight excluding hydrogens is 232 g/mol. The molecule has 1 aromatic rings. The van der Waals surface area contributed by atoms with Gasteiger partial charge < -0.3 is 10.6 Å². The van der Waals surface area contributed by atoms with Gasteiger partial charge in [-0.25, -0.2) is 9.97 Å². The van der Waals surface area contributed by atoms with Crippen LogP contribution in [0.2, 0.25) is 0 Å². The summed E-state index contributed by atoms with van der Waals surface area (Å²) in [5.74, 6) is 0.568. The maximum absolute atomic E-state index is 5.26. The van der Waals surface area contributed by atoms with Crippen LogP contribution in [0.5, 0.6) is 0 Å². The fraction of sp³-hybridized carbons (Fsp3) is 0.583. The molecule has 1 aliphatic carbocycles. The zero-order valence-electron chi connectivity index (χ0n) is 10.1. The van der Waals surface area contributed by atoms with Crippen LogP contribution in [-0.4, -0.2) is 21.1 Å². The third-order valence-electron chi connectivity index (χ3n) is 2.96. The molecule has 0 spiro atoms. The third-order valence-corrected chi connectivity index (χ3v) is 3.18. The molecule has 0 aliphatic heterocycles. The Morgan fingerprint density at radius 2 is 2.12 bits per heavy atom. The fourth-order valence-electron chi connectivity index (χ4n) is 2.08. The van der Waals surface area contributed by atoms with Gasteiger partial charge in [0.05, 0.1) is 0 Å². The molecule has 2 N–H and O–H groups in total. The van der Waals surface area contributed by atoms with Gasteiger partial charge in [-0.05, 0) is 38.0 Å². The number of hydrogen-bond acceptors (Lipinski definition) is 3. The molecule has 0 aromatic carbocycles. The molecule has 17 heavy (non-hydrogen) atoms. The maximum Gasteiger partial charge on any atom is 0.229 e. The Kier molecular flexibility index (Phi) is 4.25. The molecular formula is C12H18N4S. The Morgan fingerprint density at radius 3 is 2.82 bits per heavy atom. The van der Waals surface area contributed by atoms with Crippen LogP contribution in [0.4, 0.5) is 5.95 Å². The minimum absolute atomic E-state index is 0.508. The van der Waals surface area contributed by atoms with Crippen molar-refractivity contribution in [2.75, 3.05) is 5.32 Å². The molecule has 0 radical (unpaired) electrons. The van der Waals surface area contributed by atoms with Crippen LogP contribution < -0.4 is 10.6 Å². The van der Waals surface area contributed by atoms with Crippen molar-refractivity contribution in [3.8, 4) is 0 Å². The normalized spacial score (nSPS) is 16.5. The van der Waals surface area contributed by atoms with E-state index in [4.69, 9.17) is 12.2 Å². The predicted octanol–water partition coefficient (Wildman–Crippen LogP) is 2.40. The summed E-state index contributed by atoms with van der Waals surface area (Å²) in [5, 5.41) is 6.98. The number of aromatic nitrogens is 2. The molecule has 1 heterocycles. The van der Waals surface area contributed by atoms with E-state index in [0.29, 0.717) is 17.1 Å². The molecule has 2 rings (SSSR count). The van der Waals surface area contributed by atoms with Crippen molar-refractivity contribution >= 4 is 23.3 Å². The van der Waals surface area contributed by atoms with Crippen LogP contribution in [-0.2, 0) is 0 Å². The summed E-state index contributed by atoms with van der Waals surface area (Å²) in [7, 11) is 0. The van der Waals surface area contributed by atoms with Crippen LogP contribution in [0, 0.1) is 6.92 Å². The number of hydrogen-bond donors (Lipinski definition) is 2. The monoisotopic (exact) mass is 250 g/mol. The van der Waals surface area contributed by atoms with Gasteiger partial charge in [-0.2, -0.15) is 0 Å². The first-order chi connectivity index (χ1) is 8.24. The Morgan fingerprint density at radius 1 is 1.35 bits per heavy atom. The highest BCUT2D eigenvalue weighted by atomic mass is 32.1. The molecule has 1 aromatic heterocycles. The summed E-state index contributed by atoms with van der Waals surface area (Å²) in [6, 6.07) is 2.37. The maximum atomic E-state index is 5.26. The lowest BCUT2D eigenvalue weighted by molar-refractivity contribution is 0.414. The molecule has 0 bridgehead atoms. The van der Waals surface area contributed by atoms with Crippen molar-refractivity contribution in [3.63, 3.8) is 0 Å². The lowest BCUT2D eigenvalue weighted by atomic mass is 9.96. The summed E-state index contributed by atoms with van der Waals surface area (Å²) >= 11 is 5.26. The molecule has 4 nitrogen and oxygen atoms in total. The van der Waals surface area contributed by atoms with Crippen molar-refractivity contribution in [2.45, 2.75) is 45.1 Å². The zero-order valence-corrected chi connectivity index (χ0v) is 10.9. The van der Waals surface area contributed by atoms with Crippen LogP contribution in [0.3, 0.4) is 0 Å². The SMILES string of the molecule is Cc1ccnc(NC(=S)NC2CCCCC2)n1. The molecule has 1 saturated carbocycles. The van der Waals surface area contributed by atoms with Gasteiger partial charge in [-0.15, -0.1) is 0 Å². The smallest absolute Gasteiger partial charge is 0.229 e. The van der Waals surface area contributed by atoms with E-state index in [2.05, 4.69) is 20.6 Å². The van der Waals surface area contributed by atoms with Crippen LogP contribution in [0.25, 0.3) is 0 Å². The number of thiocarbonyl (C=S) groups is 1. The summed E-state index contributed by atoms with van der Waals surface area (Å²) in [6.45, 7) is 1.93. The summed E-state index contributed by atoms with van der Waals surface area (Å²) < 4.78 is 0. The summed E-state index contributed by atoms with van der Waals surface area (Å²) in [6.07, 6.45) is 8.07. The minimum atomic E-state index is 0.508. The summed E-state index contributed by atoms with van der Waals surface area (Å²) in [5.41, 5.74) is 0.933. The van der Waals surface area contributed by atoms with Crippen molar-refractivity contribution in [1.29, 1.82) is 0 Å². The Bertz CT molecular complexity index is 388. The molecule has 92 valence electrons. The van der Waals surface area contributed by atoms with Gasteiger partial charge >= 0.3 is 0 Å². The zero-order chi connectivity index (χ0) is 12.1. The molecule has 0 saturated heterocycles. The van der Waals surface area contributed by atoms with E-state index < -0.39 is 0 Å². The van der Waals surface area contributed by atoms with Crippen molar-refractivity contribution in [3.05, 3.63) is 18.0 Å². The largest absolute Gasteiger partial charge is 0.360 e. The van der Waals surface area contributed by atoms with Gasteiger partial charge in [0.15, 0.2) is 5.11 Å². The van der Waals surface area contributed by atoms with Gasteiger partial charge in [0.25, 0.3) is 0 Å². The highest BCUT2D eigenvalue weighted by Crippen LogP contribution is 2.17. The average Bonchev–Trinajstić information content (AvgIpc) is 2.30. The highest BCUT2D eigenvalue weighted by Gasteiger charge is 2.14. The van der Waals surface area contributed by atoms with E-state index in [1.165, 1.54) is 32.1 Å². The second-order valence-electron chi connectivity index (χ2n) is 4.46. The van der Waals surface area contributed by atoms with E-state index in [0.717, 1.165) is 5.69 Å². The first kappa shape index (κ1) is 12.2. The molecule has 1 aliphatic rings. The Hall–Kier alpha value is -1.23. The average molecular weight is 250 g/mol. The Balaban J connectivity index is 1.84. The standard InChI is InChI=1S/C12H18N4S/c1-9-7-8-13-11(14-9)16-12(17)15-10-5-3-2-4-6-10/h7-8,10H,2-6H2,1H3,(H2,13,14,15,16,17). The van der Waals surface area contributed by atoms with Crippen LogP contribution >= 0.6 is 12.2 Å². The van der Waals surface area contributed by atoms with Gasteiger partial charge in [-0.1, -0.05) is 19.3 Å². The van der Waals surface area contributed by atoms with Crippen LogP contribution in [0.15, 0.2) is 12.3 Å². The van der Waals surface area contributed by atoms with Gasteiger partial charge in [0.1, 0.15) is 0 Å². The second-order valence-corrected chi connectivity index (χ2v) is 4.86. The topological polar surface area (TPSA) is 49.8 Å². The highest BCUT2D eigenvalue weighted by molar-refractivity contribution is 7.80. The number of rotatable bonds is 2. The lowest BCUT2D eigenvalue weighted by Crippen LogP contribution is -2.39. The molecule has 0 amide bonds. The van der Waals surface area contributed by atoms with Crippen LogP contribution in [0.1, 0.15) is 37.8 Å². The molecule has 0 atom stereocenters. The summed E-state index contributed by atoms with van der Waals surface area (Å²) in [4.78, 5) is 8.38. The molecule has 5 heteroatoms. The Labute approximate surface area is 107 Å². The quantitative estimate of drug-likeness (QED) is 0.789. The van der Waals surface area contributed by atoms with Crippen molar-refractivity contribution in [2.24, 2.45) is 0 Å². The van der Waals surface area contributed by atoms with E-state index in [9.17, 15) is 0 Å². The first-order valence-corrected chi connectivity index (χ1v) is 6.52. The molecule has 1 fully saturated rings. The number of aryl methyl sites for hydroxylation is 1. The van der Waals surface area contributed by atoms with Gasteiger partial charge in [-0.3, -0.25) is 0 Å². The predicted molar refractivity (Wildman–Crippen MR) is 73.0 cm³/mol.